The highest BCUT2D eigenvalue weighted by Crippen LogP contribution is 2.21. The molecule has 3 rings (SSSR count). The minimum absolute atomic E-state index is 0.0264. The van der Waals surface area contributed by atoms with Crippen molar-refractivity contribution in [2.75, 3.05) is 19.0 Å². The fourth-order valence-corrected chi connectivity index (χ4v) is 2.44. The largest absolute Gasteiger partial charge is 0.375 e. The summed E-state index contributed by atoms with van der Waals surface area (Å²) < 4.78 is 4.77. The van der Waals surface area contributed by atoms with Gasteiger partial charge in [-0.2, -0.15) is 0 Å². The number of amides is 1. The first-order chi connectivity index (χ1) is 11.2. The predicted molar refractivity (Wildman–Crippen MR) is 90.5 cm³/mol. The van der Waals surface area contributed by atoms with Gasteiger partial charge in [-0.3, -0.25) is 9.59 Å². The van der Waals surface area contributed by atoms with Gasteiger partial charge < -0.3 is 15.0 Å². The summed E-state index contributed by atoms with van der Waals surface area (Å²) in [4.78, 5) is 26.8. The van der Waals surface area contributed by atoms with Crippen molar-refractivity contribution in [3.05, 3.63) is 65.0 Å². The first kappa shape index (κ1) is 15.0. The van der Waals surface area contributed by atoms with Crippen molar-refractivity contribution in [3.8, 4) is 11.3 Å². The Morgan fingerprint density at radius 1 is 1.13 bits per heavy atom. The monoisotopic (exact) mass is 308 g/mol. The van der Waals surface area contributed by atoms with Crippen LogP contribution in [-0.4, -0.2) is 24.6 Å². The summed E-state index contributed by atoms with van der Waals surface area (Å²) in [6.07, 6.45) is 0. The van der Waals surface area contributed by atoms with E-state index in [1.165, 1.54) is 7.11 Å². The van der Waals surface area contributed by atoms with Crippen molar-refractivity contribution in [1.82, 2.24) is 4.98 Å². The second kappa shape index (κ2) is 6.46. The third-order valence-corrected chi connectivity index (χ3v) is 3.49. The molecule has 2 aromatic carbocycles. The lowest BCUT2D eigenvalue weighted by Gasteiger charge is -2.07. The molecule has 1 aromatic heterocycles. The number of pyridine rings is 1. The number of nitrogens with one attached hydrogen (secondary N) is 2. The van der Waals surface area contributed by atoms with Crippen LogP contribution in [0.5, 0.6) is 0 Å². The van der Waals surface area contributed by atoms with Crippen molar-refractivity contribution in [3.63, 3.8) is 0 Å². The highest BCUT2D eigenvalue weighted by molar-refractivity contribution is 5.95. The van der Waals surface area contributed by atoms with Gasteiger partial charge in [0.2, 0.25) is 5.91 Å². The number of aromatic amines is 1. The average Bonchev–Trinajstić information content (AvgIpc) is 2.56. The molecule has 5 heteroatoms. The van der Waals surface area contributed by atoms with Gasteiger partial charge in [0.25, 0.3) is 5.56 Å². The lowest BCUT2D eigenvalue weighted by molar-refractivity contribution is -0.119. The zero-order chi connectivity index (χ0) is 16.2. The van der Waals surface area contributed by atoms with E-state index in [2.05, 4.69) is 10.3 Å². The molecule has 23 heavy (non-hydrogen) atoms. The molecule has 116 valence electrons. The SMILES string of the molecule is COCC(=O)Nc1ccc2cc(-c3ccccc3)[nH]c(=O)c2c1. The molecule has 0 bridgehead atoms. The van der Waals surface area contributed by atoms with Gasteiger partial charge in [0, 0.05) is 23.9 Å². The maximum atomic E-state index is 12.3. The molecule has 2 N–H and O–H groups in total. The summed E-state index contributed by atoms with van der Waals surface area (Å²) in [5.74, 6) is -0.260. The van der Waals surface area contributed by atoms with Crippen molar-refractivity contribution < 1.29 is 9.53 Å². The van der Waals surface area contributed by atoms with E-state index < -0.39 is 0 Å². The number of ether oxygens (including phenoxy) is 1. The molecule has 1 amide bonds. The summed E-state index contributed by atoms with van der Waals surface area (Å²) in [6, 6.07) is 16.8. The minimum Gasteiger partial charge on any atom is -0.375 e. The van der Waals surface area contributed by atoms with Crippen LogP contribution in [0.15, 0.2) is 59.4 Å². The van der Waals surface area contributed by atoms with Crippen LogP contribution in [0, 0.1) is 0 Å². The van der Waals surface area contributed by atoms with Gasteiger partial charge in [-0.1, -0.05) is 36.4 Å². The molecule has 0 aliphatic heterocycles. The number of rotatable bonds is 4. The van der Waals surface area contributed by atoms with E-state index in [1.54, 1.807) is 12.1 Å². The Hall–Kier alpha value is -2.92. The van der Waals surface area contributed by atoms with Crippen molar-refractivity contribution in [2.45, 2.75) is 0 Å². The van der Waals surface area contributed by atoms with Crippen LogP contribution in [0.25, 0.3) is 22.0 Å². The van der Waals surface area contributed by atoms with E-state index in [0.29, 0.717) is 11.1 Å². The number of carbonyl (C=O) groups is 1. The van der Waals surface area contributed by atoms with Crippen LogP contribution in [0.4, 0.5) is 5.69 Å². The van der Waals surface area contributed by atoms with Gasteiger partial charge in [0.1, 0.15) is 6.61 Å². The molecule has 0 aliphatic rings. The van der Waals surface area contributed by atoms with Crippen LogP contribution in [0.1, 0.15) is 0 Å². The minimum atomic E-state index is -0.260. The van der Waals surface area contributed by atoms with Crippen LogP contribution in [0.2, 0.25) is 0 Å². The molecular weight excluding hydrogens is 292 g/mol. The van der Waals surface area contributed by atoms with Crippen molar-refractivity contribution in [1.29, 1.82) is 0 Å². The van der Waals surface area contributed by atoms with Crippen LogP contribution in [0.3, 0.4) is 0 Å². The zero-order valence-corrected chi connectivity index (χ0v) is 12.6. The van der Waals surface area contributed by atoms with Gasteiger partial charge in [-0.15, -0.1) is 0 Å². The number of fused-ring (bicyclic) bond motifs is 1. The molecule has 0 radical (unpaired) electrons. The van der Waals surface area contributed by atoms with Gasteiger partial charge in [-0.05, 0) is 29.1 Å². The quantitative estimate of drug-likeness (QED) is 0.778. The average molecular weight is 308 g/mol. The third-order valence-electron chi connectivity index (χ3n) is 3.49. The normalized spacial score (nSPS) is 10.7. The fourth-order valence-electron chi connectivity index (χ4n) is 2.44. The molecule has 0 saturated heterocycles. The van der Waals surface area contributed by atoms with Crippen LogP contribution < -0.4 is 10.9 Å². The summed E-state index contributed by atoms with van der Waals surface area (Å²) >= 11 is 0. The van der Waals surface area contributed by atoms with Gasteiger partial charge in [0.15, 0.2) is 0 Å². The number of hydrogen-bond acceptors (Lipinski definition) is 3. The summed E-state index contributed by atoms with van der Waals surface area (Å²) in [6.45, 7) is -0.0264. The Balaban J connectivity index is 2.00. The Morgan fingerprint density at radius 3 is 2.65 bits per heavy atom. The highest BCUT2D eigenvalue weighted by Gasteiger charge is 2.07. The first-order valence-electron chi connectivity index (χ1n) is 7.18. The molecule has 1 heterocycles. The number of carbonyl (C=O) groups excluding carboxylic acids is 1. The number of hydrogen-bond donors (Lipinski definition) is 2. The first-order valence-corrected chi connectivity index (χ1v) is 7.18. The second-order valence-corrected chi connectivity index (χ2v) is 5.16. The molecule has 0 atom stereocenters. The molecule has 0 fully saturated rings. The number of aromatic nitrogens is 1. The third kappa shape index (κ3) is 3.30. The Labute approximate surface area is 132 Å². The molecule has 0 aliphatic carbocycles. The van der Waals surface area contributed by atoms with E-state index in [1.807, 2.05) is 42.5 Å². The van der Waals surface area contributed by atoms with Gasteiger partial charge in [0.05, 0.1) is 0 Å². The molecular formula is C18H16N2O3. The zero-order valence-electron chi connectivity index (χ0n) is 12.6. The van der Waals surface area contributed by atoms with Crippen LogP contribution in [-0.2, 0) is 9.53 Å². The smallest absolute Gasteiger partial charge is 0.256 e. The van der Waals surface area contributed by atoms with E-state index in [9.17, 15) is 9.59 Å². The van der Waals surface area contributed by atoms with E-state index >= 15 is 0 Å². The maximum Gasteiger partial charge on any atom is 0.256 e. The number of anilines is 1. The standard InChI is InChI=1S/C18H16N2O3/c1-23-11-17(21)19-14-8-7-13-9-16(12-5-3-2-4-6-12)20-18(22)15(13)10-14/h2-10H,11H2,1H3,(H,19,21)(H,20,22). The molecule has 5 nitrogen and oxygen atoms in total. The summed E-state index contributed by atoms with van der Waals surface area (Å²) in [5.41, 5.74) is 2.09. The lowest BCUT2D eigenvalue weighted by atomic mass is 10.1. The second-order valence-electron chi connectivity index (χ2n) is 5.16. The molecule has 0 saturated carbocycles. The van der Waals surface area contributed by atoms with Crippen LogP contribution >= 0.6 is 0 Å². The Kier molecular flexibility index (Phi) is 4.21. The number of H-pyrrole nitrogens is 1. The number of benzene rings is 2. The molecule has 3 aromatic rings. The maximum absolute atomic E-state index is 12.3. The van der Waals surface area contributed by atoms with Gasteiger partial charge in [-0.25, -0.2) is 0 Å². The molecule has 0 unspecified atom stereocenters. The molecule has 0 spiro atoms. The number of methoxy groups -OCH3 is 1. The predicted octanol–water partition coefficient (Wildman–Crippen LogP) is 2.78. The summed E-state index contributed by atoms with van der Waals surface area (Å²) in [7, 11) is 1.45. The Morgan fingerprint density at radius 2 is 1.91 bits per heavy atom. The Bertz CT molecular complexity index is 901. The van der Waals surface area contributed by atoms with E-state index in [4.69, 9.17) is 4.74 Å². The highest BCUT2D eigenvalue weighted by atomic mass is 16.5. The fraction of sp³-hybridized carbons (Fsp3) is 0.111. The van der Waals surface area contributed by atoms with Crippen molar-refractivity contribution >= 4 is 22.4 Å². The lowest BCUT2D eigenvalue weighted by Crippen LogP contribution is -2.17. The topological polar surface area (TPSA) is 71.2 Å². The van der Waals surface area contributed by atoms with E-state index in [0.717, 1.165) is 16.6 Å². The van der Waals surface area contributed by atoms with Crippen molar-refractivity contribution in [2.24, 2.45) is 0 Å². The van der Waals surface area contributed by atoms with Gasteiger partial charge >= 0.3 is 0 Å². The summed E-state index contributed by atoms with van der Waals surface area (Å²) in [5, 5.41) is 4.04. The van der Waals surface area contributed by atoms with E-state index in [-0.39, 0.29) is 18.1 Å².